The Balaban J connectivity index is 2.23. The second-order valence-electron chi connectivity index (χ2n) is 5.39. The number of nitrogens with one attached hydrogen (secondary N) is 1. The zero-order chi connectivity index (χ0) is 14.3. The Morgan fingerprint density at radius 2 is 1.89 bits per heavy atom. The fraction of sp³-hybridized carbons (Fsp3) is 0.467. The standard InChI is InChI=1S/C15H21NO3/c1-15(2,3)19-14(18)16-10-4-5-12-6-8-13(11-17)9-7-12/h6-9,11H,4-5,10H2,1-3H3,(H,16,18). The number of carbonyl (C=O) groups excluding carboxylic acids is 2. The Hall–Kier alpha value is -1.84. The van der Waals surface area contributed by atoms with Crippen LogP contribution in [0.1, 0.15) is 43.1 Å². The summed E-state index contributed by atoms with van der Waals surface area (Å²) in [6, 6.07) is 7.45. The van der Waals surface area contributed by atoms with Gasteiger partial charge in [0.1, 0.15) is 11.9 Å². The molecule has 19 heavy (non-hydrogen) atoms. The third kappa shape index (κ3) is 6.60. The van der Waals surface area contributed by atoms with E-state index in [1.165, 1.54) is 0 Å². The number of aryl methyl sites for hydroxylation is 1. The number of amides is 1. The number of alkyl carbamates (subject to hydrolysis) is 1. The van der Waals surface area contributed by atoms with Gasteiger partial charge in [-0.05, 0) is 39.2 Å². The van der Waals surface area contributed by atoms with Crippen molar-refractivity contribution >= 4 is 12.4 Å². The average Bonchev–Trinajstić information content (AvgIpc) is 2.33. The number of carbonyl (C=O) groups is 2. The van der Waals surface area contributed by atoms with Gasteiger partial charge in [0.2, 0.25) is 0 Å². The van der Waals surface area contributed by atoms with Crippen LogP contribution in [0.25, 0.3) is 0 Å². The highest BCUT2D eigenvalue weighted by Crippen LogP contribution is 2.07. The zero-order valence-electron chi connectivity index (χ0n) is 11.7. The van der Waals surface area contributed by atoms with Crippen LogP contribution >= 0.6 is 0 Å². The van der Waals surface area contributed by atoms with Gasteiger partial charge in [0.15, 0.2) is 0 Å². The van der Waals surface area contributed by atoms with E-state index in [1.807, 2.05) is 32.9 Å². The van der Waals surface area contributed by atoms with E-state index < -0.39 is 5.60 Å². The fourth-order valence-electron chi connectivity index (χ4n) is 1.56. The molecule has 0 radical (unpaired) electrons. The molecular weight excluding hydrogens is 242 g/mol. The molecule has 0 heterocycles. The van der Waals surface area contributed by atoms with Crippen LogP contribution in [0, 0.1) is 0 Å². The summed E-state index contributed by atoms with van der Waals surface area (Å²) in [5.74, 6) is 0. The minimum atomic E-state index is -0.464. The molecule has 104 valence electrons. The van der Waals surface area contributed by atoms with E-state index >= 15 is 0 Å². The van der Waals surface area contributed by atoms with Gasteiger partial charge in [-0.2, -0.15) is 0 Å². The second-order valence-corrected chi connectivity index (χ2v) is 5.39. The Bertz CT molecular complexity index is 418. The molecule has 0 bridgehead atoms. The van der Waals surface area contributed by atoms with Crippen molar-refractivity contribution in [3.63, 3.8) is 0 Å². The summed E-state index contributed by atoms with van der Waals surface area (Å²) in [5, 5.41) is 2.71. The van der Waals surface area contributed by atoms with Gasteiger partial charge in [0, 0.05) is 12.1 Å². The van der Waals surface area contributed by atoms with Gasteiger partial charge in [-0.3, -0.25) is 4.79 Å². The minimum Gasteiger partial charge on any atom is -0.444 e. The van der Waals surface area contributed by atoms with Gasteiger partial charge in [-0.1, -0.05) is 24.3 Å². The van der Waals surface area contributed by atoms with Crippen molar-refractivity contribution < 1.29 is 14.3 Å². The topological polar surface area (TPSA) is 55.4 Å². The fourth-order valence-corrected chi connectivity index (χ4v) is 1.56. The molecular formula is C15H21NO3. The summed E-state index contributed by atoms with van der Waals surface area (Å²) < 4.78 is 5.13. The molecule has 0 atom stereocenters. The van der Waals surface area contributed by atoms with E-state index in [-0.39, 0.29) is 6.09 Å². The first kappa shape index (κ1) is 15.2. The third-order valence-electron chi connectivity index (χ3n) is 2.43. The van der Waals surface area contributed by atoms with Crippen LogP contribution < -0.4 is 5.32 Å². The predicted octanol–water partition coefficient (Wildman–Crippen LogP) is 2.96. The average molecular weight is 263 g/mol. The van der Waals surface area contributed by atoms with E-state index in [1.54, 1.807) is 12.1 Å². The molecule has 4 nitrogen and oxygen atoms in total. The molecule has 0 aromatic heterocycles. The van der Waals surface area contributed by atoms with E-state index in [2.05, 4.69) is 5.32 Å². The second kappa shape index (κ2) is 6.92. The van der Waals surface area contributed by atoms with Crippen LogP contribution in [-0.2, 0) is 11.2 Å². The minimum absolute atomic E-state index is 0.385. The summed E-state index contributed by atoms with van der Waals surface area (Å²) in [5.41, 5.74) is 1.36. The Morgan fingerprint density at radius 3 is 2.42 bits per heavy atom. The summed E-state index contributed by atoms with van der Waals surface area (Å²) in [4.78, 5) is 21.9. The first-order valence-electron chi connectivity index (χ1n) is 6.42. The van der Waals surface area contributed by atoms with Crippen LogP contribution in [0.2, 0.25) is 0 Å². The molecule has 0 aliphatic heterocycles. The van der Waals surface area contributed by atoms with Gasteiger partial charge >= 0.3 is 6.09 Å². The molecule has 1 rings (SSSR count). The molecule has 1 amide bonds. The summed E-state index contributed by atoms with van der Waals surface area (Å²) in [6.45, 7) is 6.08. The third-order valence-corrected chi connectivity index (χ3v) is 2.43. The van der Waals surface area contributed by atoms with Gasteiger partial charge in [0.05, 0.1) is 0 Å². The largest absolute Gasteiger partial charge is 0.444 e. The molecule has 1 aromatic carbocycles. The molecule has 1 aromatic rings. The van der Waals surface area contributed by atoms with Crippen LogP contribution in [0.15, 0.2) is 24.3 Å². The number of rotatable bonds is 5. The van der Waals surface area contributed by atoms with Crippen molar-refractivity contribution in [1.82, 2.24) is 5.32 Å². The lowest BCUT2D eigenvalue weighted by Gasteiger charge is -2.19. The molecule has 1 N–H and O–H groups in total. The van der Waals surface area contributed by atoms with Gasteiger partial charge in [-0.25, -0.2) is 4.79 Å². The Kier molecular flexibility index (Phi) is 5.55. The highest BCUT2D eigenvalue weighted by atomic mass is 16.6. The van der Waals surface area contributed by atoms with E-state index in [4.69, 9.17) is 4.74 Å². The smallest absolute Gasteiger partial charge is 0.407 e. The Labute approximate surface area is 114 Å². The normalized spacial score (nSPS) is 10.9. The molecule has 0 saturated heterocycles. The van der Waals surface area contributed by atoms with Crippen molar-refractivity contribution in [2.24, 2.45) is 0 Å². The van der Waals surface area contributed by atoms with E-state index in [9.17, 15) is 9.59 Å². The SMILES string of the molecule is CC(C)(C)OC(=O)NCCCc1ccc(C=O)cc1. The maximum atomic E-state index is 11.4. The van der Waals surface area contributed by atoms with Crippen molar-refractivity contribution in [1.29, 1.82) is 0 Å². The molecule has 0 unspecified atom stereocenters. The molecule has 0 aliphatic rings. The number of aldehydes is 1. The van der Waals surface area contributed by atoms with Crippen molar-refractivity contribution in [3.05, 3.63) is 35.4 Å². The number of hydrogen-bond acceptors (Lipinski definition) is 3. The number of hydrogen-bond donors (Lipinski definition) is 1. The molecule has 0 saturated carbocycles. The van der Waals surface area contributed by atoms with Gasteiger partial charge < -0.3 is 10.1 Å². The zero-order valence-corrected chi connectivity index (χ0v) is 11.7. The van der Waals surface area contributed by atoms with Crippen molar-refractivity contribution in [3.8, 4) is 0 Å². The van der Waals surface area contributed by atoms with E-state index in [0.717, 1.165) is 24.7 Å². The monoisotopic (exact) mass is 263 g/mol. The molecule has 0 fully saturated rings. The highest BCUT2D eigenvalue weighted by Gasteiger charge is 2.15. The molecule has 0 aliphatic carbocycles. The van der Waals surface area contributed by atoms with Crippen LogP contribution in [0.4, 0.5) is 4.79 Å². The number of benzene rings is 1. The summed E-state index contributed by atoms with van der Waals surface area (Å²) in [7, 11) is 0. The van der Waals surface area contributed by atoms with Crippen molar-refractivity contribution in [2.75, 3.05) is 6.54 Å². The van der Waals surface area contributed by atoms with Gasteiger partial charge in [0.25, 0.3) is 0 Å². The lowest BCUT2D eigenvalue weighted by Crippen LogP contribution is -2.33. The lowest BCUT2D eigenvalue weighted by atomic mass is 10.1. The predicted molar refractivity (Wildman–Crippen MR) is 74.4 cm³/mol. The first-order chi connectivity index (χ1) is 8.90. The number of ether oxygens (including phenoxy) is 1. The summed E-state index contributed by atoms with van der Waals surface area (Å²) in [6.07, 6.45) is 2.13. The van der Waals surface area contributed by atoms with Gasteiger partial charge in [-0.15, -0.1) is 0 Å². The highest BCUT2D eigenvalue weighted by molar-refractivity contribution is 5.74. The maximum Gasteiger partial charge on any atom is 0.407 e. The van der Waals surface area contributed by atoms with Crippen LogP contribution in [0.3, 0.4) is 0 Å². The van der Waals surface area contributed by atoms with Crippen LogP contribution in [0.5, 0.6) is 0 Å². The lowest BCUT2D eigenvalue weighted by molar-refractivity contribution is 0.0527. The van der Waals surface area contributed by atoms with Crippen molar-refractivity contribution in [2.45, 2.75) is 39.2 Å². The van der Waals surface area contributed by atoms with E-state index in [0.29, 0.717) is 12.1 Å². The maximum absolute atomic E-state index is 11.4. The quantitative estimate of drug-likeness (QED) is 0.656. The molecule has 4 heteroatoms. The summed E-state index contributed by atoms with van der Waals surface area (Å²) >= 11 is 0. The van der Waals surface area contributed by atoms with Crippen LogP contribution in [-0.4, -0.2) is 24.5 Å². The Morgan fingerprint density at radius 1 is 1.26 bits per heavy atom. The molecule has 0 spiro atoms. The first-order valence-corrected chi connectivity index (χ1v) is 6.42.